The summed E-state index contributed by atoms with van der Waals surface area (Å²) in [6.45, 7) is 2.44. The summed E-state index contributed by atoms with van der Waals surface area (Å²) >= 11 is 5.93. The third-order valence-electron chi connectivity index (χ3n) is 6.17. The number of nitrogens with zero attached hydrogens (tertiary/aromatic N) is 4. The van der Waals surface area contributed by atoms with Gasteiger partial charge in [0.1, 0.15) is 0 Å². The van der Waals surface area contributed by atoms with Crippen molar-refractivity contribution < 1.29 is 9.59 Å². The molecular formula is C25H25ClN6O2. The molecule has 2 N–H and O–H groups in total. The Morgan fingerprint density at radius 3 is 2.41 bits per heavy atom. The molecule has 3 heterocycles. The van der Waals surface area contributed by atoms with Gasteiger partial charge in [-0.05, 0) is 61.4 Å². The molecule has 0 spiro atoms. The number of amides is 2. The lowest BCUT2D eigenvalue weighted by atomic mass is 10.1. The van der Waals surface area contributed by atoms with Crippen molar-refractivity contribution in [1.82, 2.24) is 10.2 Å². The van der Waals surface area contributed by atoms with Crippen LogP contribution < -0.4 is 20.4 Å². The lowest BCUT2D eigenvalue weighted by Crippen LogP contribution is -2.28. The molecule has 2 fully saturated rings. The summed E-state index contributed by atoms with van der Waals surface area (Å²) < 4.78 is 0. The Morgan fingerprint density at radius 1 is 0.971 bits per heavy atom. The van der Waals surface area contributed by atoms with Crippen LogP contribution in [-0.4, -0.2) is 41.6 Å². The molecule has 2 saturated heterocycles. The molecule has 2 aliphatic rings. The predicted octanol–water partition coefficient (Wildman–Crippen LogP) is 4.47. The van der Waals surface area contributed by atoms with Crippen molar-refractivity contribution in [3.63, 3.8) is 0 Å². The summed E-state index contributed by atoms with van der Waals surface area (Å²) in [7, 11) is 0. The molecule has 1 unspecified atom stereocenters. The average Bonchev–Trinajstić information content (AvgIpc) is 3.52. The van der Waals surface area contributed by atoms with Gasteiger partial charge in [-0.15, -0.1) is 5.10 Å². The maximum atomic E-state index is 12.8. The molecule has 1 aromatic heterocycles. The van der Waals surface area contributed by atoms with E-state index < -0.39 is 5.92 Å². The van der Waals surface area contributed by atoms with Crippen LogP contribution in [0, 0.1) is 5.92 Å². The molecule has 0 aliphatic carbocycles. The maximum Gasteiger partial charge on any atom is 0.229 e. The SMILES string of the molecule is O=C(Nc1ccc(Nc2cc(N3CCCC3)cnn2)cc1)C1CC(=O)N(c2ccc(Cl)cc2)C1. The Hall–Kier alpha value is -3.65. The van der Waals surface area contributed by atoms with Crippen molar-refractivity contribution in [3.8, 4) is 0 Å². The van der Waals surface area contributed by atoms with Crippen molar-refractivity contribution in [2.45, 2.75) is 19.3 Å². The number of aromatic nitrogens is 2. The largest absolute Gasteiger partial charge is 0.370 e. The lowest BCUT2D eigenvalue weighted by molar-refractivity contribution is -0.122. The van der Waals surface area contributed by atoms with E-state index in [9.17, 15) is 9.59 Å². The highest BCUT2D eigenvalue weighted by atomic mass is 35.5. The van der Waals surface area contributed by atoms with Gasteiger partial charge in [-0.1, -0.05) is 11.6 Å². The number of nitrogens with one attached hydrogen (secondary N) is 2. The van der Waals surface area contributed by atoms with Crippen molar-refractivity contribution in [1.29, 1.82) is 0 Å². The summed E-state index contributed by atoms with van der Waals surface area (Å²) in [5.74, 6) is 0.0199. The fourth-order valence-electron chi connectivity index (χ4n) is 4.35. The molecule has 1 atom stereocenters. The van der Waals surface area contributed by atoms with Crippen LogP contribution in [0.4, 0.5) is 28.6 Å². The first-order valence-corrected chi connectivity index (χ1v) is 11.7. The number of hydrogen-bond donors (Lipinski definition) is 2. The van der Waals surface area contributed by atoms with Gasteiger partial charge in [-0.25, -0.2) is 0 Å². The number of rotatable bonds is 6. The molecule has 0 radical (unpaired) electrons. The molecule has 3 aromatic rings. The highest BCUT2D eigenvalue weighted by molar-refractivity contribution is 6.30. The summed E-state index contributed by atoms with van der Waals surface area (Å²) in [6.07, 6.45) is 4.37. The molecule has 8 nitrogen and oxygen atoms in total. The average molecular weight is 477 g/mol. The number of anilines is 5. The van der Waals surface area contributed by atoms with Crippen molar-refractivity contribution in [3.05, 3.63) is 65.8 Å². The maximum absolute atomic E-state index is 12.8. The molecule has 2 amide bonds. The van der Waals surface area contributed by atoms with Gasteiger partial charge in [-0.2, -0.15) is 5.10 Å². The Kier molecular flexibility index (Phi) is 6.31. The summed E-state index contributed by atoms with van der Waals surface area (Å²) in [5, 5.41) is 15.1. The summed E-state index contributed by atoms with van der Waals surface area (Å²) in [4.78, 5) is 29.2. The smallest absolute Gasteiger partial charge is 0.229 e. The second kappa shape index (κ2) is 9.69. The zero-order chi connectivity index (χ0) is 23.5. The first-order chi connectivity index (χ1) is 16.5. The summed E-state index contributed by atoms with van der Waals surface area (Å²) in [6, 6.07) is 16.5. The van der Waals surface area contributed by atoms with E-state index in [-0.39, 0.29) is 18.2 Å². The first kappa shape index (κ1) is 22.2. The molecule has 34 heavy (non-hydrogen) atoms. The minimum absolute atomic E-state index is 0.0701. The van der Waals surface area contributed by atoms with E-state index in [0.29, 0.717) is 23.1 Å². The topological polar surface area (TPSA) is 90.5 Å². The molecule has 9 heteroatoms. The van der Waals surface area contributed by atoms with Crippen LogP contribution in [0.1, 0.15) is 19.3 Å². The molecule has 0 bridgehead atoms. The minimum Gasteiger partial charge on any atom is -0.370 e. The highest BCUT2D eigenvalue weighted by Gasteiger charge is 2.35. The second-order valence-electron chi connectivity index (χ2n) is 8.57. The molecule has 2 aliphatic heterocycles. The third-order valence-corrected chi connectivity index (χ3v) is 6.42. The van der Waals surface area contributed by atoms with Gasteiger partial charge >= 0.3 is 0 Å². The van der Waals surface area contributed by atoms with Gasteiger partial charge in [0.2, 0.25) is 11.8 Å². The minimum atomic E-state index is -0.412. The number of carbonyl (C=O) groups excluding carboxylic acids is 2. The molecule has 5 rings (SSSR count). The van der Waals surface area contributed by atoms with E-state index in [2.05, 4.69) is 25.7 Å². The van der Waals surface area contributed by atoms with E-state index in [1.807, 2.05) is 30.3 Å². The monoisotopic (exact) mass is 476 g/mol. The van der Waals surface area contributed by atoms with Crippen LogP contribution >= 0.6 is 11.6 Å². The van der Waals surface area contributed by atoms with Crippen molar-refractivity contribution in [2.24, 2.45) is 5.92 Å². The highest BCUT2D eigenvalue weighted by Crippen LogP contribution is 2.28. The predicted molar refractivity (Wildman–Crippen MR) is 134 cm³/mol. The van der Waals surface area contributed by atoms with Gasteiger partial charge in [-0.3, -0.25) is 9.59 Å². The van der Waals surface area contributed by atoms with Gasteiger partial charge in [0, 0.05) is 54.2 Å². The fourth-order valence-corrected chi connectivity index (χ4v) is 4.47. The van der Waals surface area contributed by atoms with Gasteiger partial charge < -0.3 is 20.4 Å². The van der Waals surface area contributed by atoms with Crippen LogP contribution in [0.3, 0.4) is 0 Å². The normalized spacial score (nSPS) is 17.8. The Labute approximate surface area is 202 Å². The van der Waals surface area contributed by atoms with Gasteiger partial charge in [0.25, 0.3) is 0 Å². The third kappa shape index (κ3) is 4.97. The van der Waals surface area contributed by atoms with Crippen LogP contribution in [0.25, 0.3) is 0 Å². The van der Waals surface area contributed by atoms with Crippen LogP contribution in [0.5, 0.6) is 0 Å². The molecule has 174 valence electrons. The van der Waals surface area contributed by atoms with E-state index in [4.69, 9.17) is 11.6 Å². The molecule has 2 aromatic carbocycles. The van der Waals surface area contributed by atoms with E-state index in [1.54, 1.807) is 35.4 Å². The van der Waals surface area contributed by atoms with Crippen molar-refractivity contribution >= 4 is 52.0 Å². The standard InChI is InChI=1S/C25H25ClN6O2/c26-18-3-9-21(10-4-18)32-16-17(13-24(32)33)25(34)29-20-7-5-19(6-8-20)28-23-14-22(15-27-30-23)31-11-1-2-12-31/h3-10,14-15,17H,1-2,11-13,16H2,(H,28,30)(H,29,34). The fraction of sp³-hybridized carbons (Fsp3) is 0.280. The molecular weight excluding hydrogens is 452 g/mol. The quantitative estimate of drug-likeness (QED) is 0.545. The van der Waals surface area contributed by atoms with Crippen molar-refractivity contribution in [2.75, 3.05) is 40.1 Å². The van der Waals surface area contributed by atoms with E-state index >= 15 is 0 Å². The van der Waals surface area contributed by atoms with E-state index in [0.717, 1.165) is 30.2 Å². The number of benzene rings is 2. The zero-order valence-corrected chi connectivity index (χ0v) is 19.3. The lowest BCUT2D eigenvalue weighted by Gasteiger charge is -2.17. The molecule has 0 saturated carbocycles. The Morgan fingerprint density at radius 2 is 1.68 bits per heavy atom. The van der Waals surface area contributed by atoms with Crippen LogP contribution in [0.2, 0.25) is 5.02 Å². The van der Waals surface area contributed by atoms with E-state index in [1.165, 1.54) is 12.8 Å². The number of hydrogen-bond acceptors (Lipinski definition) is 6. The Bertz CT molecular complexity index is 1180. The zero-order valence-electron chi connectivity index (χ0n) is 18.6. The van der Waals surface area contributed by atoms with Crippen LogP contribution in [0.15, 0.2) is 60.8 Å². The van der Waals surface area contributed by atoms with Crippen LogP contribution in [-0.2, 0) is 9.59 Å². The van der Waals surface area contributed by atoms with Gasteiger partial charge in [0.15, 0.2) is 5.82 Å². The number of carbonyl (C=O) groups is 2. The Balaban J connectivity index is 1.18. The van der Waals surface area contributed by atoms with Gasteiger partial charge in [0.05, 0.1) is 17.8 Å². The summed E-state index contributed by atoms with van der Waals surface area (Å²) in [5.41, 5.74) is 3.33. The number of halogens is 1. The second-order valence-corrected chi connectivity index (χ2v) is 9.00. The first-order valence-electron chi connectivity index (χ1n) is 11.4.